The number of carbonyl (C=O) groups is 1. The lowest BCUT2D eigenvalue weighted by Gasteiger charge is -2.23. The number of likely N-dealkylation sites (N-methyl/N-ethyl adjacent to an activating group) is 1. The molecule has 3 aromatic carbocycles. The molecule has 1 amide bonds. The summed E-state index contributed by atoms with van der Waals surface area (Å²) in [6, 6.07) is 22.2. The lowest BCUT2D eigenvalue weighted by atomic mass is 10.2. The highest BCUT2D eigenvalue weighted by atomic mass is 32.2. The molecular weight excluding hydrogens is 462 g/mol. The van der Waals surface area contributed by atoms with Gasteiger partial charge in [0.15, 0.2) is 0 Å². The minimum Gasteiger partial charge on any atom is -0.490 e. The van der Waals surface area contributed by atoms with E-state index < -0.39 is 10.0 Å². The second-order valence-electron chi connectivity index (χ2n) is 7.86. The number of hydrogen-bond donors (Lipinski definition) is 1. The Morgan fingerprint density at radius 2 is 1.46 bits per heavy atom. The van der Waals surface area contributed by atoms with Crippen LogP contribution in [0.4, 0.5) is 11.4 Å². The van der Waals surface area contributed by atoms with E-state index in [9.17, 15) is 13.2 Å². The number of para-hydroxylation sites is 3. The van der Waals surface area contributed by atoms with Crippen LogP contribution in [0, 0.1) is 0 Å². The summed E-state index contributed by atoms with van der Waals surface area (Å²) in [6.45, 7) is 9.49. The average Bonchev–Trinajstić information content (AvgIpc) is 2.88. The van der Waals surface area contributed by atoms with Gasteiger partial charge in [0.25, 0.3) is 15.9 Å². The molecule has 0 fully saturated rings. The lowest BCUT2D eigenvalue weighted by molar-refractivity contribution is 0.102. The largest absolute Gasteiger partial charge is 0.490 e. The second kappa shape index (κ2) is 12.4. The molecule has 7 nitrogen and oxygen atoms in total. The van der Waals surface area contributed by atoms with Crippen LogP contribution in [0.1, 0.15) is 31.1 Å². The number of hydrogen-bond acceptors (Lipinski definition) is 5. The quantitative estimate of drug-likeness (QED) is 0.388. The van der Waals surface area contributed by atoms with Gasteiger partial charge in [0.05, 0.1) is 16.3 Å². The Hall–Kier alpha value is -3.36. The van der Waals surface area contributed by atoms with Crippen LogP contribution in [-0.2, 0) is 10.0 Å². The highest BCUT2D eigenvalue weighted by Crippen LogP contribution is 2.26. The molecule has 0 radical (unpaired) electrons. The third kappa shape index (κ3) is 6.61. The summed E-state index contributed by atoms with van der Waals surface area (Å²) in [7, 11) is -3.76. The van der Waals surface area contributed by atoms with Gasteiger partial charge in [-0.2, -0.15) is 0 Å². The highest BCUT2D eigenvalue weighted by molar-refractivity contribution is 7.92. The van der Waals surface area contributed by atoms with Crippen molar-refractivity contribution in [2.75, 3.05) is 42.4 Å². The van der Waals surface area contributed by atoms with Gasteiger partial charge in [-0.05, 0) is 68.5 Å². The number of benzene rings is 3. The Labute approximate surface area is 208 Å². The molecule has 3 rings (SSSR count). The molecule has 0 saturated carbocycles. The van der Waals surface area contributed by atoms with Gasteiger partial charge in [-0.3, -0.25) is 9.10 Å². The van der Waals surface area contributed by atoms with Gasteiger partial charge in [-0.15, -0.1) is 0 Å². The maximum atomic E-state index is 13.2. The van der Waals surface area contributed by atoms with Crippen LogP contribution < -0.4 is 14.4 Å². The Bertz CT molecular complexity index is 1190. The van der Waals surface area contributed by atoms with Crippen LogP contribution in [0.5, 0.6) is 5.75 Å². The van der Waals surface area contributed by atoms with Crippen molar-refractivity contribution in [3.05, 3.63) is 84.4 Å². The number of nitrogens with one attached hydrogen (secondary N) is 1. The van der Waals surface area contributed by atoms with Gasteiger partial charge in [0.1, 0.15) is 12.4 Å². The fourth-order valence-electron chi connectivity index (χ4n) is 3.71. The molecule has 35 heavy (non-hydrogen) atoms. The Morgan fingerprint density at radius 1 is 0.829 bits per heavy atom. The van der Waals surface area contributed by atoms with Crippen LogP contribution in [-0.4, -0.2) is 52.0 Å². The molecule has 0 heterocycles. The molecule has 0 aliphatic heterocycles. The standard InChI is InChI=1S/C27H33N3O4S/c1-4-29(5-2)20-21-34-26-15-11-10-14-25(26)28-27(31)22-16-18-24(19-17-22)35(32,33)30(6-3)23-12-8-7-9-13-23/h7-19H,4-6,20-21H2,1-3H3,(H,28,31). The SMILES string of the molecule is CCN(CC)CCOc1ccccc1NC(=O)c1ccc(S(=O)(=O)N(CC)c2ccccc2)cc1. The highest BCUT2D eigenvalue weighted by Gasteiger charge is 2.23. The monoisotopic (exact) mass is 495 g/mol. The molecule has 0 saturated heterocycles. The van der Waals surface area contributed by atoms with Crippen molar-refractivity contribution in [2.45, 2.75) is 25.7 Å². The molecule has 0 unspecified atom stereocenters. The second-order valence-corrected chi connectivity index (χ2v) is 9.72. The molecule has 0 aliphatic carbocycles. The first-order valence-electron chi connectivity index (χ1n) is 11.8. The van der Waals surface area contributed by atoms with E-state index in [2.05, 4.69) is 24.1 Å². The van der Waals surface area contributed by atoms with Crippen LogP contribution >= 0.6 is 0 Å². The molecule has 0 bridgehead atoms. The molecule has 8 heteroatoms. The summed E-state index contributed by atoms with van der Waals surface area (Å²) in [5.74, 6) is 0.248. The summed E-state index contributed by atoms with van der Waals surface area (Å²) in [4.78, 5) is 15.3. The predicted octanol–water partition coefficient (Wildman–Crippen LogP) is 4.87. The van der Waals surface area contributed by atoms with Gasteiger partial charge in [0, 0.05) is 18.7 Å². The molecule has 0 aromatic heterocycles. The van der Waals surface area contributed by atoms with Crippen LogP contribution in [0.3, 0.4) is 0 Å². The van der Waals surface area contributed by atoms with E-state index in [4.69, 9.17) is 4.74 Å². The maximum Gasteiger partial charge on any atom is 0.264 e. The van der Waals surface area contributed by atoms with Crippen LogP contribution in [0.2, 0.25) is 0 Å². The number of sulfonamides is 1. The Kier molecular flexibility index (Phi) is 9.28. The molecular formula is C27H33N3O4S. The fourth-order valence-corrected chi connectivity index (χ4v) is 5.18. The number of anilines is 2. The number of rotatable bonds is 12. The number of carbonyl (C=O) groups excluding carboxylic acids is 1. The maximum absolute atomic E-state index is 13.2. The zero-order valence-electron chi connectivity index (χ0n) is 20.5. The van der Waals surface area contributed by atoms with E-state index in [-0.39, 0.29) is 10.8 Å². The van der Waals surface area contributed by atoms with Crippen LogP contribution in [0.25, 0.3) is 0 Å². The Balaban J connectivity index is 1.71. The smallest absolute Gasteiger partial charge is 0.264 e. The molecule has 0 spiro atoms. The molecule has 0 aliphatic rings. The van der Waals surface area contributed by atoms with Crippen molar-refractivity contribution in [2.24, 2.45) is 0 Å². The fraction of sp³-hybridized carbons (Fsp3) is 0.296. The van der Waals surface area contributed by atoms with Gasteiger partial charge < -0.3 is 15.0 Å². The summed E-state index contributed by atoms with van der Waals surface area (Å²) in [5.41, 5.74) is 1.51. The van der Waals surface area contributed by atoms with Crippen molar-refractivity contribution in [1.82, 2.24) is 4.90 Å². The zero-order valence-corrected chi connectivity index (χ0v) is 21.3. The first-order chi connectivity index (χ1) is 16.9. The summed E-state index contributed by atoms with van der Waals surface area (Å²) in [5, 5.41) is 2.87. The van der Waals surface area contributed by atoms with Crippen molar-refractivity contribution in [3.63, 3.8) is 0 Å². The first-order valence-corrected chi connectivity index (χ1v) is 13.3. The van der Waals surface area contributed by atoms with Crippen molar-refractivity contribution in [1.29, 1.82) is 0 Å². The Morgan fingerprint density at radius 3 is 2.09 bits per heavy atom. The molecule has 0 atom stereocenters. The third-order valence-corrected chi connectivity index (χ3v) is 7.65. The third-order valence-electron chi connectivity index (χ3n) is 5.73. The van der Waals surface area contributed by atoms with Crippen molar-refractivity contribution >= 4 is 27.3 Å². The van der Waals surface area contributed by atoms with Gasteiger partial charge in [0.2, 0.25) is 0 Å². The van der Waals surface area contributed by atoms with E-state index in [1.165, 1.54) is 28.6 Å². The van der Waals surface area contributed by atoms with E-state index >= 15 is 0 Å². The van der Waals surface area contributed by atoms with Gasteiger partial charge in [-0.25, -0.2) is 8.42 Å². The summed E-state index contributed by atoms with van der Waals surface area (Å²) in [6.07, 6.45) is 0. The minimum absolute atomic E-state index is 0.125. The van der Waals surface area contributed by atoms with E-state index in [1.54, 1.807) is 37.3 Å². The number of nitrogens with zero attached hydrogens (tertiary/aromatic N) is 2. The summed E-state index contributed by atoms with van der Waals surface area (Å²) >= 11 is 0. The normalized spacial score (nSPS) is 11.3. The topological polar surface area (TPSA) is 79.0 Å². The zero-order chi connectivity index (χ0) is 25.3. The lowest BCUT2D eigenvalue weighted by Crippen LogP contribution is -2.30. The number of amides is 1. The summed E-state index contributed by atoms with van der Waals surface area (Å²) < 4.78 is 33.6. The van der Waals surface area contributed by atoms with Crippen LogP contribution in [0.15, 0.2) is 83.8 Å². The van der Waals surface area contributed by atoms with Gasteiger partial charge in [-0.1, -0.05) is 44.2 Å². The van der Waals surface area contributed by atoms with E-state index in [0.717, 1.165) is 19.6 Å². The predicted molar refractivity (Wildman–Crippen MR) is 141 cm³/mol. The molecule has 1 N–H and O–H groups in total. The first kappa shape index (κ1) is 26.2. The average molecular weight is 496 g/mol. The molecule has 3 aromatic rings. The van der Waals surface area contributed by atoms with Crippen molar-refractivity contribution < 1.29 is 17.9 Å². The van der Waals surface area contributed by atoms with E-state index in [1.807, 2.05) is 24.3 Å². The number of ether oxygens (including phenoxy) is 1. The van der Waals surface area contributed by atoms with E-state index in [0.29, 0.717) is 35.8 Å². The minimum atomic E-state index is -3.76. The molecule has 186 valence electrons. The van der Waals surface area contributed by atoms with Crippen molar-refractivity contribution in [3.8, 4) is 5.75 Å². The van der Waals surface area contributed by atoms with Gasteiger partial charge >= 0.3 is 0 Å².